The van der Waals surface area contributed by atoms with E-state index in [1.165, 1.54) is 0 Å². The molecule has 0 fully saturated rings. The van der Waals surface area contributed by atoms with Gasteiger partial charge in [0.15, 0.2) is 5.43 Å². The van der Waals surface area contributed by atoms with Crippen molar-refractivity contribution in [2.45, 2.75) is 5.33 Å². The molecule has 0 saturated carbocycles. The first-order valence-electron chi connectivity index (χ1n) is 7.59. The molecule has 4 nitrogen and oxygen atoms in total. The molecule has 0 spiro atoms. The molecule has 4 aromatic rings. The lowest BCUT2D eigenvalue weighted by Gasteiger charge is -2.18. The summed E-state index contributed by atoms with van der Waals surface area (Å²) in [5.41, 5.74) is 4.06. The van der Waals surface area contributed by atoms with Crippen LogP contribution >= 0.6 is 15.9 Å². The smallest absolute Gasteiger partial charge is 0.195 e. The first-order valence-corrected chi connectivity index (χ1v) is 8.71. The van der Waals surface area contributed by atoms with Crippen LogP contribution in [0.1, 0.15) is 5.56 Å². The zero-order chi connectivity index (χ0) is 16.5. The van der Waals surface area contributed by atoms with E-state index in [1.54, 1.807) is 12.3 Å². The van der Waals surface area contributed by atoms with Gasteiger partial charge < -0.3 is 4.98 Å². The average molecular weight is 380 g/mol. The van der Waals surface area contributed by atoms with Crippen LogP contribution in [0.2, 0.25) is 0 Å². The largest absolute Gasteiger partial charge is 0.360 e. The Balaban J connectivity index is 2.25. The molecular formula is C19H14BrN3O. The molecule has 0 radical (unpaired) electrons. The maximum Gasteiger partial charge on any atom is 0.195 e. The van der Waals surface area contributed by atoms with E-state index in [1.807, 2.05) is 59.3 Å². The second-order valence-electron chi connectivity index (χ2n) is 5.42. The number of aromatic amines is 1. The summed E-state index contributed by atoms with van der Waals surface area (Å²) in [6.45, 7) is 0. The molecule has 3 aromatic heterocycles. The predicted molar refractivity (Wildman–Crippen MR) is 99.8 cm³/mol. The van der Waals surface area contributed by atoms with Crippen molar-refractivity contribution >= 4 is 27.0 Å². The number of para-hydroxylation sites is 1. The predicted octanol–water partition coefficient (Wildman–Crippen LogP) is 4.28. The lowest BCUT2D eigenvalue weighted by atomic mass is 10.1. The molecule has 3 heterocycles. The molecule has 1 aromatic carbocycles. The number of pyridine rings is 2. The Kier molecular flexibility index (Phi) is 3.78. The summed E-state index contributed by atoms with van der Waals surface area (Å²) < 4.78 is 2.04. The van der Waals surface area contributed by atoms with E-state index in [2.05, 4.69) is 25.9 Å². The van der Waals surface area contributed by atoms with E-state index < -0.39 is 0 Å². The summed E-state index contributed by atoms with van der Waals surface area (Å²) in [5, 5.41) is 1.09. The molecular weight excluding hydrogens is 366 g/mol. The fourth-order valence-corrected chi connectivity index (χ4v) is 3.50. The molecule has 0 amide bonds. The number of alkyl halides is 1. The van der Waals surface area contributed by atoms with Gasteiger partial charge in [-0.25, -0.2) is 4.98 Å². The summed E-state index contributed by atoms with van der Waals surface area (Å²) in [6, 6.07) is 17.5. The zero-order valence-corrected chi connectivity index (χ0v) is 14.3. The number of nitrogens with one attached hydrogen (secondary N) is 1. The molecule has 0 unspecified atom stereocenters. The standard InChI is InChI=1S/C19H14BrN3O/c20-12-15-17(16-9-5-10-21-16)23(13-6-2-1-3-7-13)19-14(18(15)24)8-4-11-22-19/h1-11,21H,12H2. The third kappa shape index (κ3) is 2.29. The number of benzene rings is 1. The lowest BCUT2D eigenvalue weighted by Crippen LogP contribution is -2.17. The van der Waals surface area contributed by atoms with Gasteiger partial charge in [0.2, 0.25) is 0 Å². The Morgan fingerprint density at radius 3 is 2.58 bits per heavy atom. The van der Waals surface area contributed by atoms with Crippen LogP contribution < -0.4 is 5.43 Å². The number of nitrogens with zero attached hydrogens (tertiary/aromatic N) is 2. The highest BCUT2D eigenvalue weighted by molar-refractivity contribution is 9.08. The molecule has 0 saturated heterocycles. The lowest BCUT2D eigenvalue weighted by molar-refractivity contribution is 1.04. The Labute approximate surface area is 146 Å². The Morgan fingerprint density at radius 1 is 1.04 bits per heavy atom. The van der Waals surface area contributed by atoms with Crippen molar-refractivity contribution in [2.75, 3.05) is 0 Å². The highest BCUT2D eigenvalue weighted by atomic mass is 79.9. The Bertz CT molecular complexity index is 1050. The van der Waals surface area contributed by atoms with Crippen LogP contribution in [-0.2, 0) is 5.33 Å². The van der Waals surface area contributed by atoms with Gasteiger partial charge in [0.05, 0.1) is 16.8 Å². The minimum Gasteiger partial charge on any atom is -0.360 e. The molecule has 118 valence electrons. The van der Waals surface area contributed by atoms with Crippen LogP contribution in [0.4, 0.5) is 0 Å². The molecule has 0 aliphatic heterocycles. The first kappa shape index (κ1) is 14.9. The normalized spacial score (nSPS) is 11.0. The topological polar surface area (TPSA) is 50.7 Å². The van der Waals surface area contributed by atoms with Crippen LogP contribution in [-0.4, -0.2) is 14.5 Å². The molecule has 0 aliphatic rings. The summed E-state index contributed by atoms with van der Waals surface area (Å²) >= 11 is 3.49. The van der Waals surface area contributed by atoms with Crippen molar-refractivity contribution in [2.24, 2.45) is 0 Å². The molecule has 0 aliphatic carbocycles. The Morgan fingerprint density at radius 2 is 1.88 bits per heavy atom. The van der Waals surface area contributed by atoms with Gasteiger partial charge in [0.1, 0.15) is 5.65 Å². The number of rotatable bonds is 3. The van der Waals surface area contributed by atoms with Gasteiger partial charge in [-0.3, -0.25) is 9.36 Å². The SMILES string of the molecule is O=c1c(CBr)c(-c2ccc[nH]2)n(-c2ccccc2)c2ncccc12. The minimum absolute atomic E-state index is 0.00626. The van der Waals surface area contributed by atoms with Gasteiger partial charge in [0, 0.05) is 29.0 Å². The zero-order valence-electron chi connectivity index (χ0n) is 12.7. The number of fused-ring (bicyclic) bond motifs is 1. The summed E-state index contributed by atoms with van der Waals surface area (Å²) in [6.07, 6.45) is 3.57. The van der Waals surface area contributed by atoms with Gasteiger partial charge >= 0.3 is 0 Å². The Hall–Kier alpha value is -2.66. The number of halogens is 1. The number of hydrogen-bond donors (Lipinski definition) is 1. The maximum atomic E-state index is 13.0. The quantitative estimate of drug-likeness (QED) is 0.540. The highest BCUT2D eigenvalue weighted by Crippen LogP contribution is 2.29. The van der Waals surface area contributed by atoms with Gasteiger partial charge in [-0.1, -0.05) is 34.1 Å². The third-order valence-corrected chi connectivity index (χ3v) is 4.59. The van der Waals surface area contributed by atoms with Crippen LogP contribution in [0.3, 0.4) is 0 Å². The molecule has 0 atom stereocenters. The van der Waals surface area contributed by atoms with Crippen molar-refractivity contribution in [3.05, 3.63) is 82.8 Å². The second-order valence-corrected chi connectivity index (χ2v) is 5.98. The monoisotopic (exact) mass is 379 g/mol. The van der Waals surface area contributed by atoms with Crippen molar-refractivity contribution in [1.82, 2.24) is 14.5 Å². The molecule has 5 heteroatoms. The van der Waals surface area contributed by atoms with Gasteiger partial charge in [-0.05, 0) is 36.4 Å². The fourth-order valence-electron chi connectivity index (χ4n) is 2.98. The van der Waals surface area contributed by atoms with Crippen molar-refractivity contribution in [3.8, 4) is 17.1 Å². The van der Waals surface area contributed by atoms with Crippen LogP contribution in [0.15, 0.2) is 71.8 Å². The highest BCUT2D eigenvalue weighted by Gasteiger charge is 2.19. The molecule has 1 N–H and O–H groups in total. The van der Waals surface area contributed by atoms with Gasteiger partial charge in [-0.15, -0.1) is 0 Å². The molecule has 24 heavy (non-hydrogen) atoms. The van der Waals surface area contributed by atoms with E-state index >= 15 is 0 Å². The van der Waals surface area contributed by atoms with E-state index in [9.17, 15) is 4.79 Å². The average Bonchev–Trinajstić information content (AvgIpc) is 3.16. The summed E-state index contributed by atoms with van der Waals surface area (Å²) in [4.78, 5) is 20.7. The fraction of sp³-hybridized carbons (Fsp3) is 0.0526. The van der Waals surface area contributed by atoms with Crippen molar-refractivity contribution in [3.63, 3.8) is 0 Å². The van der Waals surface area contributed by atoms with E-state index in [0.29, 0.717) is 21.9 Å². The van der Waals surface area contributed by atoms with Crippen LogP contribution in [0.5, 0.6) is 0 Å². The number of hydrogen-bond acceptors (Lipinski definition) is 2. The molecule has 4 rings (SSSR count). The summed E-state index contributed by atoms with van der Waals surface area (Å²) in [5.74, 6) is 0. The van der Waals surface area contributed by atoms with Gasteiger partial charge in [-0.2, -0.15) is 0 Å². The van der Waals surface area contributed by atoms with Crippen molar-refractivity contribution < 1.29 is 0 Å². The third-order valence-electron chi connectivity index (χ3n) is 4.03. The number of aromatic nitrogens is 3. The van der Waals surface area contributed by atoms with Crippen LogP contribution in [0.25, 0.3) is 28.1 Å². The second kappa shape index (κ2) is 6.09. The van der Waals surface area contributed by atoms with E-state index in [-0.39, 0.29) is 5.43 Å². The first-order chi connectivity index (χ1) is 11.8. The number of H-pyrrole nitrogens is 1. The van der Waals surface area contributed by atoms with Gasteiger partial charge in [0.25, 0.3) is 0 Å². The minimum atomic E-state index is 0.00626. The van der Waals surface area contributed by atoms with Crippen molar-refractivity contribution in [1.29, 1.82) is 0 Å². The van der Waals surface area contributed by atoms with Crippen LogP contribution in [0, 0.1) is 0 Å². The summed E-state index contributed by atoms with van der Waals surface area (Å²) in [7, 11) is 0. The maximum absolute atomic E-state index is 13.0. The van der Waals surface area contributed by atoms with E-state index in [0.717, 1.165) is 17.1 Å². The molecule has 0 bridgehead atoms. The van der Waals surface area contributed by atoms with E-state index in [4.69, 9.17) is 0 Å².